The molecular formula is C34H49N9O3. The Morgan fingerprint density at radius 1 is 0.957 bits per heavy atom. The molecule has 248 valence electrons. The predicted molar refractivity (Wildman–Crippen MR) is 180 cm³/mol. The number of pyridine rings is 1. The van der Waals surface area contributed by atoms with Crippen molar-refractivity contribution in [3.8, 4) is 0 Å². The second kappa shape index (κ2) is 13.4. The van der Waals surface area contributed by atoms with Crippen LogP contribution >= 0.6 is 0 Å². The third-order valence-electron chi connectivity index (χ3n) is 9.40. The van der Waals surface area contributed by atoms with E-state index in [1.54, 1.807) is 25.2 Å². The Kier molecular flexibility index (Phi) is 9.35. The minimum Gasteiger partial charge on any atom is -0.444 e. The van der Waals surface area contributed by atoms with E-state index in [2.05, 4.69) is 35.7 Å². The van der Waals surface area contributed by atoms with Gasteiger partial charge in [0, 0.05) is 77.5 Å². The van der Waals surface area contributed by atoms with Crippen LogP contribution in [0.25, 0.3) is 11.0 Å². The van der Waals surface area contributed by atoms with Crippen molar-refractivity contribution in [2.24, 2.45) is 5.92 Å². The van der Waals surface area contributed by atoms with E-state index >= 15 is 0 Å². The number of piperazine rings is 1. The topological polar surface area (TPSA) is 112 Å². The molecule has 2 amide bonds. The normalized spacial score (nSPS) is 18.7. The Hall–Kier alpha value is -3.93. The molecule has 0 atom stereocenters. The third-order valence-corrected chi connectivity index (χ3v) is 9.40. The van der Waals surface area contributed by atoms with E-state index in [9.17, 15) is 9.59 Å². The molecule has 3 fully saturated rings. The first-order valence-corrected chi connectivity index (χ1v) is 16.8. The second-order valence-electron chi connectivity index (χ2n) is 14.2. The summed E-state index contributed by atoms with van der Waals surface area (Å²) in [6.45, 7) is 12.3. The number of hydrogen-bond acceptors (Lipinski definition) is 9. The number of amides is 2. The van der Waals surface area contributed by atoms with Crippen molar-refractivity contribution in [2.75, 3.05) is 70.1 Å². The lowest BCUT2D eigenvalue weighted by molar-refractivity contribution is 0.0168. The lowest BCUT2D eigenvalue weighted by Crippen LogP contribution is -2.49. The predicted octanol–water partition coefficient (Wildman–Crippen LogP) is 5.16. The molecule has 0 aromatic carbocycles. The fourth-order valence-electron chi connectivity index (χ4n) is 6.93. The first kappa shape index (κ1) is 32.0. The van der Waals surface area contributed by atoms with Gasteiger partial charge in [0.15, 0.2) is 0 Å². The maximum absolute atomic E-state index is 13.0. The number of nitrogens with zero attached hydrogens (tertiary/aromatic N) is 8. The molecule has 3 aromatic heterocycles. The maximum Gasteiger partial charge on any atom is 0.410 e. The van der Waals surface area contributed by atoms with Gasteiger partial charge >= 0.3 is 6.09 Å². The van der Waals surface area contributed by atoms with Gasteiger partial charge in [-0.2, -0.15) is 4.98 Å². The summed E-state index contributed by atoms with van der Waals surface area (Å²) < 4.78 is 7.67. The smallest absolute Gasteiger partial charge is 0.410 e. The molecular weight excluding hydrogens is 582 g/mol. The van der Waals surface area contributed by atoms with Crippen molar-refractivity contribution >= 4 is 40.5 Å². The number of nitrogens with one attached hydrogen (secondary N) is 1. The van der Waals surface area contributed by atoms with E-state index in [4.69, 9.17) is 9.72 Å². The number of ether oxygens (including phenoxy) is 1. The molecule has 0 unspecified atom stereocenters. The van der Waals surface area contributed by atoms with Crippen LogP contribution in [0.3, 0.4) is 0 Å². The number of fused-ring (bicyclic) bond motifs is 1. The van der Waals surface area contributed by atoms with Gasteiger partial charge in [-0.15, -0.1) is 0 Å². The van der Waals surface area contributed by atoms with Gasteiger partial charge in [-0.25, -0.2) is 14.8 Å². The largest absolute Gasteiger partial charge is 0.444 e. The molecule has 12 nitrogen and oxygen atoms in total. The van der Waals surface area contributed by atoms with Crippen LogP contribution in [0.5, 0.6) is 0 Å². The van der Waals surface area contributed by atoms with E-state index in [0.717, 1.165) is 101 Å². The van der Waals surface area contributed by atoms with Crippen molar-refractivity contribution in [3.63, 3.8) is 0 Å². The average molecular weight is 632 g/mol. The molecule has 1 saturated carbocycles. The summed E-state index contributed by atoms with van der Waals surface area (Å²) in [4.78, 5) is 47.9. The van der Waals surface area contributed by atoms with Crippen LogP contribution in [0.4, 0.5) is 22.2 Å². The molecule has 1 aliphatic carbocycles. The van der Waals surface area contributed by atoms with Gasteiger partial charge in [0.2, 0.25) is 5.95 Å². The summed E-state index contributed by atoms with van der Waals surface area (Å²) in [7, 11) is 3.57. The first-order chi connectivity index (χ1) is 22.0. The minimum absolute atomic E-state index is 0.0156. The molecule has 46 heavy (non-hydrogen) atoms. The number of aromatic nitrogens is 4. The summed E-state index contributed by atoms with van der Waals surface area (Å²) in [6.07, 6.45) is 10.00. The Balaban J connectivity index is 1.02. The maximum atomic E-state index is 13.0. The SMILES string of the molecule is CN(C)C(=O)c1cc2cnc(Nc3ccc(N4CCN(CC5CCN(C(=O)OC(C)(C)C)CC5)CC4)cn3)nc2n1C1CCCC1. The highest BCUT2D eigenvalue weighted by atomic mass is 16.6. The van der Waals surface area contributed by atoms with Crippen molar-refractivity contribution in [2.45, 2.75) is 70.9 Å². The quantitative estimate of drug-likeness (QED) is 0.378. The van der Waals surface area contributed by atoms with E-state index < -0.39 is 5.60 Å². The summed E-state index contributed by atoms with van der Waals surface area (Å²) in [6, 6.07) is 6.27. The van der Waals surface area contributed by atoms with Crippen LogP contribution < -0.4 is 10.2 Å². The summed E-state index contributed by atoms with van der Waals surface area (Å²) >= 11 is 0. The van der Waals surface area contributed by atoms with Gasteiger partial charge in [-0.3, -0.25) is 9.69 Å². The van der Waals surface area contributed by atoms with Gasteiger partial charge in [0.25, 0.3) is 5.91 Å². The molecule has 0 spiro atoms. The molecule has 3 aromatic rings. The number of piperidine rings is 1. The Labute approximate surface area is 272 Å². The average Bonchev–Trinajstić information content (AvgIpc) is 3.69. The van der Waals surface area contributed by atoms with Crippen molar-refractivity contribution in [1.29, 1.82) is 0 Å². The van der Waals surface area contributed by atoms with Crippen molar-refractivity contribution in [1.82, 2.24) is 34.2 Å². The van der Waals surface area contributed by atoms with Gasteiger partial charge in [0.1, 0.15) is 22.8 Å². The molecule has 0 radical (unpaired) electrons. The Morgan fingerprint density at radius 3 is 2.30 bits per heavy atom. The number of anilines is 3. The number of carbonyl (C=O) groups excluding carboxylic acids is 2. The van der Waals surface area contributed by atoms with E-state index in [1.807, 2.05) is 44.0 Å². The lowest BCUT2D eigenvalue weighted by Gasteiger charge is -2.39. The molecule has 2 saturated heterocycles. The minimum atomic E-state index is -0.453. The third kappa shape index (κ3) is 7.37. The molecule has 2 aliphatic heterocycles. The Bertz CT molecular complexity index is 1510. The highest BCUT2D eigenvalue weighted by molar-refractivity contribution is 5.97. The summed E-state index contributed by atoms with van der Waals surface area (Å²) in [5, 5.41) is 4.15. The van der Waals surface area contributed by atoms with E-state index in [-0.39, 0.29) is 18.0 Å². The van der Waals surface area contributed by atoms with Gasteiger partial charge in [0.05, 0.1) is 11.9 Å². The number of likely N-dealkylation sites (tertiary alicyclic amines) is 1. The lowest BCUT2D eigenvalue weighted by atomic mass is 9.96. The highest BCUT2D eigenvalue weighted by Crippen LogP contribution is 2.35. The van der Waals surface area contributed by atoms with Crippen LogP contribution in [-0.4, -0.2) is 112 Å². The van der Waals surface area contributed by atoms with Gasteiger partial charge in [-0.05, 0) is 70.6 Å². The molecule has 3 aliphatic rings. The van der Waals surface area contributed by atoms with Crippen LogP contribution in [0, 0.1) is 5.92 Å². The van der Waals surface area contributed by atoms with Crippen LogP contribution in [0.2, 0.25) is 0 Å². The fraction of sp³-hybridized carbons (Fsp3) is 0.618. The van der Waals surface area contributed by atoms with Crippen LogP contribution in [0.1, 0.15) is 75.8 Å². The van der Waals surface area contributed by atoms with Crippen LogP contribution in [-0.2, 0) is 4.74 Å². The van der Waals surface area contributed by atoms with Gasteiger partial charge < -0.3 is 29.3 Å². The summed E-state index contributed by atoms with van der Waals surface area (Å²) in [5.41, 5.74) is 2.11. The van der Waals surface area contributed by atoms with Crippen LogP contribution in [0.15, 0.2) is 30.6 Å². The van der Waals surface area contributed by atoms with Crippen molar-refractivity contribution < 1.29 is 14.3 Å². The number of rotatable bonds is 7. The zero-order chi connectivity index (χ0) is 32.4. The summed E-state index contributed by atoms with van der Waals surface area (Å²) in [5.74, 6) is 1.75. The molecule has 1 N–H and O–H groups in total. The number of carbonyl (C=O) groups is 2. The standard InChI is InChI=1S/C34H49N9O3/c1-34(2,3)46-33(45)42-14-12-24(13-15-42)23-40-16-18-41(19-17-40)27-10-11-29(35-22-27)37-32-36-21-25-20-28(31(44)39(4)5)43(30(25)38-32)26-8-6-7-9-26/h10-11,20-22,24,26H,6-9,12-19,23H2,1-5H3,(H,35,36,37,38). The molecule has 12 heteroatoms. The zero-order valence-corrected chi connectivity index (χ0v) is 28.0. The second-order valence-corrected chi connectivity index (χ2v) is 14.2. The fourth-order valence-corrected chi connectivity index (χ4v) is 6.93. The number of hydrogen-bond donors (Lipinski definition) is 1. The van der Waals surface area contributed by atoms with E-state index in [0.29, 0.717) is 23.4 Å². The highest BCUT2D eigenvalue weighted by Gasteiger charge is 2.29. The Morgan fingerprint density at radius 2 is 1.67 bits per heavy atom. The molecule has 5 heterocycles. The van der Waals surface area contributed by atoms with Crippen molar-refractivity contribution in [3.05, 3.63) is 36.3 Å². The van der Waals surface area contributed by atoms with E-state index in [1.165, 1.54) is 0 Å². The first-order valence-electron chi connectivity index (χ1n) is 16.8. The van der Waals surface area contributed by atoms with Gasteiger partial charge in [-0.1, -0.05) is 12.8 Å². The zero-order valence-electron chi connectivity index (χ0n) is 28.0. The molecule has 0 bridgehead atoms. The molecule has 6 rings (SSSR count). The monoisotopic (exact) mass is 631 g/mol.